The van der Waals surface area contributed by atoms with E-state index < -0.39 is 5.91 Å². The molecule has 8 heteroatoms. The SMILES string of the molecule is COc1ccc(Br)cc1C=NNC(=O)CNC(=O)c1ccc(Cl)cc1. The van der Waals surface area contributed by atoms with Crippen molar-refractivity contribution >= 4 is 45.6 Å². The van der Waals surface area contributed by atoms with Gasteiger partial charge in [-0.2, -0.15) is 5.10 Å². The number of hydrogen-bond acceptors (Lipinski definition) is 4. The van der Waals surface area contributed by atoms with Crippen molar-refractivity contribution in [2.75, 3.05) is 13.7 Å². The summed E-state index contributed by atoms with van der Waals surface area (Å²) in [5.74, 6) is -0.200. The Hall–Kier alpha value is -2.38. The van der Waals surface area contributed by atoms with Gasteiger partial charge in [-0.3, -0.25) is 9.59 Å². The Kier molecular flexibility index (Phi) is 6.97. The molecule has 0 aliphatic rings. The van der Waals surface area contributed by atoms with Crippen LogP contribution < -0.4 is 15.5 Å². The van der Waals surface area contributed by atoms with Crippen LogP contribution in [-0.4, -0.2) is 31.7 Å². The number of methoxy groups -OCH3 is 1. The second-order valence-electron chi connectivity index (χ2n) is 4.87. The maximum Gasteiger partial charge on any atom is 0.259 e. The monoisotopic (exact) mass is 423 g/mol. The second kappa shape index (κ2) is 9.19. The maximum absolute atomic E-state index is 11.9. The molecule has 0 aromatic heterocycles. The van der Waals surface area contributed by atoms with Gasteiger partial charge in [-0.05, 0) is 42.5 Å². The summed E-state index contributed by atoms with van der Waals surface area (Å²) in [5.41, 5.74) is 3.45. The molecular formula is C17H15BrClN3O3. The number of amides is 2. The van der Waals surface area contributed by atoms with Gasteiger partial charge < -0.3 is 10.1 Å². The molecule has 2 rings (SSSR count). The van der Waals surface area contributed by atoms with E-state index in [1.807, 2.05) is 6.07 Å². The first-order chi connectivity index (χ1) is 12.0. The highest BCUT2D eigenvalue weighted by Crippen LogP contribution is 2.21. The standard InChI is InChI=1S/C17H15BrClN3O3/c1-25-15-7-4-13(18)8-12(15)9-21-22-16(23)10-20-17(24)11-2-5-14(19)6-3-11/h2-9H,10H2,1H3,(H,20,24)(H,22,23). The summed E-state index contributed by atoms with van der Waals surface area (Å²) >= 11 is 9.11. The minimum absolute atomic E-state index is 0.200. The molecule has 25 heavy (non-hydrogen) atoms. The molecule has 2 aromatic rings. The van der Waals surface area contributed by atoms with Crippen LogP contribution in [0.15, 0.2) is 52.0 Å². The lowest BCUT2D eigenvalue weighted by Gasteiger charge is -2.05. The van der Waals surface area contributed by atoms with E-state index in [9.17, 15) is 9.59 Å². The number of halogens is 2. The Balaban J connectivity index is 1.85. The number of benzene rings is 2. The Bertz CT molecular complexity index is 794. The summed E-state index contributed by atoms with van der Waals surface area (Å²) in [6.07, 6.45) is 1.46. The lowest BCUT2D eigenvalue weighted by atomic mass is 10.2. The van der Waals surface area contributed by atoms with Gasteiger partial charge >= 0.3 is 0 Å². The Morgan fingerprint density at radius 2 is 1.96 bits per heavy atom. The number of ether oxygens (including phenoxy) is 1. The fourth-order valence-electron chi connectivity index (χ4n) is 1.88. The van der Waals surface area contributed by atoms with Gasteiger partial charge in [0, 0.05) is 20.6 Å². The van der Waals surface area contributed by atoms with Crippen LogP contribution in [0.4, 0.5) is 0 Å². The predicted octanol–water partition coefficient (Wildman–Crippen LogP) is 2.99. The van der Waals surface area contributed by atoms with Gasteiger partial charge in [-0.15, -0.1) is 0 Å². The molecule has 0 bridgehead atoms. The average molecular weight is 425 g/mol. The number of nitrogens with zero attached hydrogens (tertiary/aromatic N) is 1. The van der Waals surface area contributed by atoms with E-state index in [-0.39, 0.29) is 12.5 Å². The molecule has 0 saturated carbocycles. The summed E-state index contributed by atoms with van der Waals surface area (Å²) in [4.78, 5) is 23.6. The van der Waals surface area contributed by atoms with E-state index in [2.05, 4.69) is 31.8 Å². The van der Waals surface area contributed by atoms with E-state index in [0.29, 0.717) is 21.9 Å². The van der Waals surface area contributed by atoms with Crippen LogP contribution >= 0.6 is 27.5 Å². The molecule has 0 atom stereocenters. The van der Waals surface area contributed by atoms with Crippen molar-refractivity contribution in [3.63, 3.8) is 0 Å². The van der Waals surface area contributed by atoms with Crippen molar-refractivity contribution in [2.24, 2.45) is 5.10 Å². The van der Waals surface area contributed by atoms with E-state index in [4.69, 9.17) is 16.3 Å². The van der Waals surface area contributed by atoms with E-state index in [1.54, 1.807) is 43.5 Å². The predicted molar refractivity (Wildman–Crippen MR) is 100 cm³/mol. The summed E-state index contributed by atoms with van der Waals surface area (Å²) in [6.45, 7) is -0.200. The number of hydrazone groups is 1. The summed E-state index contributed by atoms with van der Waals surface area (Å²) in [5, 5.41) is 6.89. The Morgan fingerprint density at radius 3 is 2.64 bits per heavy atom. The first-order valence-corrected chi connectivity index (χ1v) is 8.36. The van der Waals surface area contributed by atoms with Crippen LogP contribution in [-0.2, 0) is 4.79 Å². The average Bonchev–Trinajstić information content (AvgIpc) is 2.60. The van der Waals surface area contributed by atoms with Crippen LogP contribution in [0.3, 0.4) is 0 Å². The third-order valence-corrected chi connectivity index (χ3v) is 3.85. The Labute approximate surface area is 158 Å². The number of hydrogen-bond donors (Lipinski definition) is 2. The minimum Gasteiger partial charge on any atom is -0.496 e. The van der Waals surface area contributed by atoms with Crippen LogP contribution in [0.2, 0.25) is 5.02 Å². The van der Waals surface area contributed by atoms with Crippen LogP contribution in [0.1, 0.15) is 15.9 Å². The molecule has 0 radical (unpaired) electrons. The molecule has 0 heterocycles. The Morgan fingerprint density at radius 1 is 1.24 bits per heavy atom. The lowest BCUT2D eigenvalue weighted by molar-refractivity contribution is -0.120. The lowest BCUT2D eigenvalue weighted by Crippen LogP contribution is -2.34. The van der Waals surface area contributed by atoms with Crippen molar-refractivity contribution in [1.82, 2.24) is 10.7 Å². The van der Waals surface area contributed by atoms with Gasteiger partial charge in [0.25, 0.3) is 11.8 Å². The molecule has 6 nitrogen and oxygen atoms in total. The number of rotatable bonds is 6. The van der Waals surface area contributed by atoms with Crippen molar-refractivity contribution < 1.29 is 14.3 Å². The number of carbonyl (C=O) groups is 2. The molecule has 130 valence electrons. The zero-order valence-electron chi connectivity index (χ0n) is 13.3. The summed E-state index contributed by atoms with van der Waals surface area (Å²) < 4.78 is 6.06. The van der Waals surface area contributed by atoms with Gasteiger partial charge in [-0.1, -0.05) is 27.5 Å². The van der Waals surface area contributed by atoms with Crippen LogP contribution in [0, 0.1) is 0 Å². The zero-order chi connectivity index (χ0) is 18.2. The van der Waals surface area contributed by atoms with Crippen LogP contribution in [0.5, 0.6) is 5.75 Å². The van der Waals surface area contributed by atoms with Gasteiger partial charge in [0.2, 0.25) is 0 Å². The van der Waals surface area contributed by atoms with Gasteiger partial charge in [0.05, 0.1) is 19.9 Å². The topological polar surface area (TPSA) is 79.8 Å². The second-order valence-corrected chi connectivity index (χ2v) is 6.22. The van der Waals surface area contributed by atoms with E-state index in [0.717, 1.165) is 4.47 Å². The molecule has 0 spiro atoms. The van der Waals surface area contributed by atoms with Crippen molar-refractivity contribution in [3.8, 4) is 5.75 Å². The van der Waals surface area contributed by atoms with Crippen LogP contribution in [0.25, 0.3) is 0 Å². The summed E-state index contributed by atoms with van der Waals surface area (Å²) in [7, 11) is 1.55. The number of carbonyl (C=O) groups excluding carboxylic acids is 2. The first-order valence-electron chi connectivity index (χ1n) is 7.19. The largest absolute Gasteiger partial charge is 0.496 e. The fourth-order valence-corrected chi connectivity index (χ4v) is 2.39. The molecule has 2 aromatic carbocycles. The summed E-state index contributed by atoms with van der Waals surface area (Å²) in [6, 6.07) is 11.8. The molecule has 2 amide bonds. The van der Waals surface area contributed by atoms with Gasteiger partial charge in [0.15, 0.2) is 0 Å². The van der Waals surface area contributed by atoms with Crippen molar-refractivity contribution in [3.05, 3.63) is 63.1 Å². The number of nitrogens with one attached hydrogen (secondary N) is 2. The molecule has 0 aliphatic carbocycles. The van der Waals surface area contributed by atoms with Gasteiger partial charge in [-0.25, -0.2) is 5.43 Å². The molecule has 0 saturated heterocycles. The maximum atomic E-state index is 11.9. The smallest absolute Gasteiger partial charge is 0.259 e. The first kappa shape index (κ1) is 19.0. The van der Waals surface area contributed by atoms with Crippen molar-refractivity contribution in [1.29, 1.82) is 0 Å². The zero-order valence-corrected chi connectivity index (χ0v) is 15.6. The molecule has 0 aliphatic heterocycles. The van der Waals surface area contributed by atoms with E-state index in [1.165, 1.54) is 6.21 Å². The molecule has 0 fully saturated rings. The third kappa shape index (κ3) is 5.88. The molecule has 0 unspecified atom stereocenters. The highest BCUT2D eigenvalue weighted by atomic mass is 79.9. The van der Waals surface area contributed by atoms with E-state index >= 15 is 0 Å². The van der Waals surface area contributed by atoms with Gasteiger partial charge in [0.1, 0.15) is 5.75 Å². The molecule has 2 N–H and O–H groups in total. The highest BCUT2D eigenvalue weighted by molar-refractivity contribution is 9.10. The quantitative estimate of drug-likeness (QED) is 0.553. The minimum atomic E-state index is -0.451. The highest BCUT2D eigenvalue weighted by Gasteiger charge is 2.07. The molecular weight excluding hydrogens is 410 g/mol. The van der Waals surface area contributed by atoms with Crippen molar-refractivity contribution in [2.45, 2.75) is 0 Å². The third-order valence-electron chi connectivity index (χ3n) is 3.10. The fraction of sp³-hybridized carbons (Fsp3) is 0.118. The normalized spacial score (nSPS) is 10.5.